The van der Waals surface area contributed by atoms with Gasteiger partial charge in [0.1, 0.15) is 33.0 Å². The van der Waals surface area contributed by atoms with Gasteiger partial charge in [0.2, 0.25) is 0 Å². The number of fused-ring (bicyclic) bond motifs is 2. The second-order valence-corrected chi connectivity index (χ2v) is 16.9. The molecule has 0 spiro atoms. The minimum absolute atomic E-state index is 0. The third kappa shape index (κ3) is 16.6. The summed E-state index contributed by atoms with van der Waals surface area (Å²) in [5, 5.41) is 67.8. The number of nitrogens with one attached hydrogen (secondary N) is 1. The molecule has 70 heavy (non-hydrogen) atoms. The molecule has 7 aromatic carbocycles. The Morgan fingerprint density at radius 1 is 0.686 bits per heavy atom. The van der Waals surface area contributed by atoms with Crippen molar-refractivity contribution in [3.05, 3.63) is 126 Å². The minimum Gasteiger partial charge on any atom is -0.744 e. The van der Waals surface area contributed by atoms with Crippen LogP contribution in [0.2, 0.25) is 0 Å². The predicted molar refractivity (Wildman–Crippen MR) is 246 cm³/mol. The van der Waals surface area contributed by atoms with Crippen LogP contribution in [0.4, 0.5) is 39.8 Å². The zero-order valence-corrected chi connectivity index (χ0v) is 47.5. The van der Waals surface area contributed by atoms with Crippen LogP contribution >= 0.6 is 24.1 Å². The molecule has 0 aromatic heterocycles. The van der Waals surface area contributed by atoms with Gasteiger partial charge in [-0.05, 0) is 151 Å². The van der Waals surface area contributed by atoms with Crippen molar-refractivity contribution in [1.29, 1.82) is 0 Å². The standard InChI is InChI=1S/C26H26N4O6S.C18H16N4O6S2.3Na/c1-15-10-22(23(33-3)11-16(15)2)29-30-25-24(37-36-35-32)13-17-12-19(6-9-21(17)26(25)31)28-14-34-20-7-4-18(27)5-8-20;1-11-7-13(20-19-2)5-6-17(11)22-21-14-4-3-12-8-15(29-28-27-23)10-18(16(12)9-14)30(24,25)26;;;/h4-13,28,31-32H,14,27H2,1-3H3;3-10,23H,1-2H3,(H,24,25,26);;;/q;;3*+1/p-3. The van der Waals surface area contributed by atoms with E-state index in [0.29, 0.717) is 85.1 Å². The van der Waals surface area contributed by atoms with Crippen molar-refractivity contribution in [2.75, 3.05) is 31.9 Å². The number of phenols is 1. The Balaban J connectivity index is 0.000000362. The van der Waals surface area contributed by atoms with Crippen LogP contribution in [0.1, 0.15) is 16.7 Å². The van der Waals surface area contributed by atoms with Crippen molar-refractivity contribution >= 4 is 95.6 Å². The Kier molecular flexibility index (Phi) is 25.1. The number of hydrogen-bond acceptors (Lipinski definition) is 22. The van der Waals surface area contributed by atoms with E-state index in [2.05, 4.69) is 54.7 Å². The van der Waals surface area contributed by atoms with Gasteiger partial charge < -0.3 is 40.7 Å². The third-order valence-corrected chi connectivity index (χ3v) is 11.7. The average molecular weight is 1040 g/mol. The quantitative estimate of drug-likeness (QED) is 0.0169. The molecular weight excluding hydrogens is 998 g/mol. The van der Waals surface area contributed by atoms with E-state index in [1.807, 2.05) is 39.0 Å². The van der Waals surface area contributed by atoms with Gasteiger partial charge in [-0.15, -0.1) is 10.2 Å². The van der Waals surface area contributed by atoms with E-state index in [-0.39, 0.29) is 117 Å². The van der Waals surface area contributed by atoms with Crippen LogP contribution in [0, 0.1) is 20.8 Å². The maximum absolute atomic E-state index is 11.7. The van der Waals surface area contributed by atoms with Gasteiger partial charge in [0.05, 0.1) is 58.0 Å². The van der Waals surface area contributed by atoms with E-state index in [1.54, 1.807) is 93.0 Å². The number of aryl methyl sites for hydroxylation is 3. The van der Waals surface area contributed by atoms with Crippen molar-refractivity contribution in [3.8, 4) is 17.2 Å². The molecular formula is C44H39N8Na3O12S3. The molecule has 26 heteroatoms. The zero-order valence-electron chi connectivity index (χ0n) is 39.0. The molecule has 0 fully saturated rings. The fraction of sp³-hybridized carbons (Fsp3) is 0.136. The number of ether oxygens (including phenoxy) is 2. The molecule has 348 valence electrons. The number of nitrogens with zero attached hydrogens (tertiary/aromatic N) is 6. The molecule has 0 radical (unpaired) electrons. The molecule has 0 amide bonds. The van der Waals surface area contributed by atoms with Gasteiger partial charge in [0.25, 0.3) is 0 Å². The van der Waals surface area contributed by atoms with Crippen LogP contribution in [0.25, 0.3) is 21.5 Å². The SMILES string of the molecule is CN=Nc1ccc(N=Nc2ccc3cc(SOO[O-])cc(S(=O)(=O)[O-])c3c2)c(C)c1.COc1cc(C)c(C)cc1N=Nc1c(SOO[O-])cc2cc(NCOc3ccc(N)cc3)ccc2c1O.[Na+].[Na+].[Na+]. The number of nitrogens with two attached hydrogens (primary N) is 1. The molecule has 0 aliphatic rings. The van der Waals surface area contributed by atoms with E-state index in [0.717, 1.165) is 28.4 Å². The fourth-order valence-electron chi connectivity index (χ4n) is 6.26. The largest absolute Gasteiger partial charge is 1.00 e. The van der Waals surface area contributed by atoms with Gasteiger partial charge in [-0.25, -0.2) is 8.42 Å². The summed E-state index contributed by atoms with van der Waals surface area (Å²) in [7, 11) is -1.69. The summed E-state index contributed by atoms with van der Waals surface area (Å²) in [5.74, 6) is 1.08. The number of benzene rings is 7. The summed E-state index contributed by atoms with van der Waals surface area (Å²) in [6.07, 6.45) is 0. The van der Waals surface area contributed by atoms with E-state index in [9.17, 15) is 28.6 Å². The minimum atomic E-state index is -4.81. The first-order chi connectivity index (χ1) is 32.2. The first-order valence-electron chi connectivity index (χ1n) is 19.4. The molecule has 0 saturated heterocycles. The zero-order chi connectivity index (χ0) is 48.1. The second kappa shape index (κ2) is 29.1. The molecule has 20 nitrogen and oxygen atoms in total. The summed E-state index contributed by atoms with van der Waals surface area (Å²) >= 11 is 1.10. The van der Waals surface area contributed by atoms with Gasteiger partial charge >= 0.3 is 88.7 Å². The fourth-order valence-corrected chi connectivity index (χ4v) is 7.99. The van der Waals surface area contributed by atoms with Crippen LogP contribution in [0.5, 0.6) is 17.2 Å². The molecule has 0 unspecified atom stereocenters. The van der Waals surface area contributed by atoms with Crippen molar-refractivity contribution in [1.82, 2.24) is 0 Å². The topological polar surface area (TPSA) is 291 Å². The monoisotopic (exact) mass is 1040 g/mol. The molecule has 7 aromatic rings. The Bertz CT molecular complexity index is 3110. The van der Waals surface area contributed by atoms with Crippen LogP contribution < -0.4 is 120 Å². The first kappa shape index (κ1) is 60.5. The maximum Gasteiger partial charge on any atom is 1.00 e. The molecule has 4 N–H and O–H groups in total. The number of phenolic OH excluding ortho intramolecular Hbond substituents is 1. The number of nitrogen functional groups attached to an aromatic ring is 1. The Hall–Kier alpha value is -3.77. The number of rotatable bonds is 17. The van der Waals surface area contributed by atoms with Gasteiger partial charge in [0, 0.05) is 34.1 Å². The van der Waals surface area contributed by atoms with Crippen LogP contribution in [0.15, 0.2) is 155 Å². The van der Waals surface area contributed by atoms with Crippen molar-refractivity contribution in [2.45, 2.75) is 35.5 Å². The van der Waals surface area contributed by atoms with Crippen molar-refractivity contribution in [3.63, 3.8) is 0 Å². The maximum atomic E-state index is 11.7. The normalized spacial score (nSPS) is 11.3. The summed E-state index contributed by atoms with van der Waals surface area (Å²) in [4.78, 5) is 0.0595. The second-order valence-electron chi connectivity index (χ2n) is 14.0. The smallest absolute Gasteiger partial charge is 0.744 e. The summed E-state index contributed by atoms with van der Waals surface area (Å²) in [6, 6.07) is 30.4. The van der Waals surface area contributed by atoms with E-state index < -0.39 is 15.0 Å². The molecule has 0 heterocycles. The van der Waals surface area contributed by atoms with Gasteiger partial charge in [0.15, 0.2) is 12.5 Å². The number of anilines is 2. The molecule has 0 aliphatic carbocycles. The number of methoxy groups -OCH3 is 1. The van der Waals surface area contributed by atoms with E-state index >= 15 is 0 Å². The van der Waals surface area contributed by atoms with Crippen LogP contribution in [0.3, 0.4) is 0 Å². The summed E-state index contributed by atoms with van der Waals surface area (Å²) in [6.45, 7) is 5.98. The first-order valence-corrected chi connectivity index (χ1v) is 22.3. The van der Waals surface area contributed by atoms with Gasteiger partial charge in [-0.3, -0.25) is 10.1 Å². The Morgan fingerprint density at radius 2 is 1.36 bits per heavy atom. The number of azo groups is 3. The number of hydrogen-bond donors (Lipinski definition) is 3. The molecule has 0 saturated carbocycles. The summed E-state index contributed by atoms with van der Waals surface area (Å²) < 4.78 is 55.0. The molecule has 0 bridgehead atoms. The van der Waals surface area contributed by atoms with E-state index in [1.165, 1.54) is 6.07 Å². The van der Waals surface area contributed by atoms with Crippen LogP contribution in [-0.4, -0.2) is 39.0 Å². The van der Waals surface area contributed by atoms with Crippen LogP contribution in [-0.2, 0) is 28.9 Å². The Morgan fingerprint density at radius 3 is 2.03 bits per heavy atom. The van der Waals surface area contributed by atoms with Crippen molar-refractivity contribution < 1.29 is 145 Å². The molecule has 0 atom stereocenters. The number of aromatic hydroxyl groups is 1. The van der Waals surface area contributed by atoms with Gasteiger partial charge in [-0.2, -0.15) is 29.1 Å². The van der Waals surface area contributed by atoms with Crippen molar-refractivity contribution in [2.24, 2.45) is 30.7 Å². The molecule has 7 rings (SSSR count). The molecule has 0 aliphatic heterocycles. The van der Waals surface area contributed by atoms with E-state index in [4.69, 9.17) is 15.2 Å². The Labute approximate surface area is 477 Å². The predicted octanol–water partition coefficient (Wildman–Crippen LogP) is 1.27. The summed E-state index contributed by atoms with van der Waals surface area (Å²) in [5.41, 5.74) is 12.2. The average Bonchev–Trinajstić information content (AvgIpc) is 3.31. The van der Waals surface area contributed by atoms with Gasteiger partial charge in [-0.1, -0.05) is 6.07 Å². The third-order valence-electron chi connectivity index (χ3n) is 9.62.